The van der Waals surface area contributed by atoms with Crippen molar-refractivity contribution in [3.8, 4) is 5.75 Å². The molecule has 2 atom stereocenters. The predicted octanol–water partition coefficient (Wildman–Crippen LogP) is 2.57. The molecule has 6 heteroatoms. The first-order chi connectivity index (χ1) is 10.2. The number of amides is 1. The van der Waals surface area contributed by atoms with Crippen molar-refractivity contribution in [2.24, 2.45) is 0 Å². The van der Waals surface area contributed by atoms with Crippen molar-refractivity contribution >= 4 is 12.1 Å². The lowest BCUT2D eigenvalue weighted by molar-refractivity contribution is -0.142. The maximum absolute atomic E-state index is 12.2. The molecule has 2 rings (SSSR count). The van der Waals surface area contributed by atoms with Crippen molar-refractivity contribution in [1.29, 1.82) is 0 Å². The highest BCUT2D eigenvalue weighted by atomic mass is 16.6. The number of carbonyl (C=O) groups excluding carboxylic acids is 1. The Morgan fingerprint density at radius 1 is 1.23 bits per heavy atom. The number of phenols is 1. The lowest BCUT2D eigenvalue weighted by Crippen LogP contribution is -2.45. The molecule has 1 saturated heterocycles. The standard InChI is InChI=1S/C16H21NO5/c1-16(2,3)22-15(21)17-9-8-12(13(17)14(19)20)10-4-6-11(18)7-5-10/h4-7,12-13,18H,8-9H2,1-3H3,(H,19,20). The van der Waals surface area contributed by atoms with Crippen molar-refractivity contribution in [2.45, 2.75) is 44.8 Å². The number of carbonyl (C=O) groups is 2. The van der Waals surface area contributed by atoms with Gasteiger partial charge < -0.3 is 14.9 Å². The minimum atomic E-state index is -1.05. The molecule has 1 aliphatic heterocycles. The van der Waals surface area contributed by atoms with E-state index in [0.717, 1.165) is 5.56 Å². The minimum absolute atomic E-state index is 0.123. The summed E-state index contributed by atoms with van der Waals surface area (Å²) in [6, 6.07) is 5.46. The average Bonchev–Trinajstić information content (AvgIpc) is 2.82. The molecule has 0 aliphatic carbocycles. The van der Waals surface area contributed by atoms with Gasteiger partial charge in [-0.25, -0.2) is 9.59 Å². The molecule has 6 nitrogen and oxygen atoms in total. The fourth-order valence-electron chi connectivity index (χ4n) is 2.69. The lowest BCUT2D eigenvalue weighted by atomic mass is 9.92. The normalized spacial score (nSPS) is 21.7. The number of ether oxygens (including phenoxy) is 1. The van der Waals surface area contributed by atoms with Crippen LogP contribution in [0.5, 0.6) is 5.75 Å². The minimum Gasteiger partial charge on any atom is -0.508 e. The molecule has 2 N–H and O–H groups in total. The number of carboxylic acid groups (broad SMARTS) is 1. The van der Waals surface area contributed by atoms with Gasteiger partial charge in [-0.1, -0.05) is 12.1 Å². The Morgan fingerprint density at radius 3 is 2.32 bits per heavy atom. The summed E-state index contributed by atoms with van der Waals surface area (Å²) in [5, 5.41) is 18.9. The molecule has 0 saturated carbocycles. The van der Waals surface area contributed by atoms with E-state index in [0.29, 0.717) is 13.0 Å². The Morgan fingerprint density at radius 2 is 1.82 bits per heavy atom. The molecule has 0 aromatic heterocycles. The molecule has 0 spiro atoms. The Bertz CT molecular complexity index is 561. The van der Waals surface area contributed by atoms with Gasteiger partial charge in [0.2, 0.25) is 0 Å². The summed E-state index contributed by atoms with van der Waals surface area (Å²) in [6.45, 7) is 5.56. The number of hydrogen-bond donors (Lipinski definition) is 2. The Kier molecular flexibility index (Phi) is 4.30. The van der Waals surface area contributed by atoms with E-state index < -0.39 is 23.7 Å². The number of phenolic OH excluding ortho intramolecular Hbond substituents is 1. The van der Waals surface area contributed by atoms with E-state index in [1.165, 1.54) is 17.0 Å². The van der Waals surface area contributed by atoms with Gasteiger partial charge in [0.05, 0.1) is 0 Å². The van der Waals surface area contributed by atoms with Crippen LogP contribution in [0.15, 0.2) is 24.3 Å². The molecule has 1 aromatic rings. The molecule has 1 aliphatic rings. The summed E-state index contributed by atoms with van der Waals surface area (Å²) in [5.74, 6) is -1.25. The van der Waals surface area contributed by atoms with Gasteiger partial charge in [0.25, 0.3) is 0 Å². The fourth-order valence-corrected chi connectivity index (χ4v) is 2.69. The maximum atomic E-state index is 12.2. The Hall–Kier alpha value is -2.24. The highest BCUT2D eigenvalue weighted by molar-refractivity contribution is 5.82. The zero-order valence-electron chi connectivity index (χ0n) is 12.9. The number of likely N-dealkylation sites (tertiary alicyclic amines) is 1. The fraction of sp³-hybridized carbons (Fsp3) is 0.500. The number of aliphatic carboxylic acids is 1. The Labute approximate surface area is 129 Å². The first kappa shape index (κ1) is 16.1. The second-order valence-corrected chi connectivity index (χ2v) is 6.44. The molecule has 120 valence electrons. The summed E-state index contributed by atoms with van der Waals surface area (Å²) in [4.78, 5) is 25.1. The van der Waals surface area contributed by atoms with Gasteiger partial charge >= 0.3 is 12.1 Å². The maximum Gasteiger partial charge on any atom is 0.411 e. The topological polar surface area (TPSA) is 87.1 Å². The third-order valence-electron chi connectivity index (χ3n) is 3.60. The average molecular weight is 307 g/mol. The first-order valence-electron chi connectivity index (χ1n) is 7.20. The summed E-state index contributed by atoms with van der Waals surface area (Å²) < 4.78 is 5.29. The molecule has 0 bridgehead atoms. The van der Waals surface area contributed by atoms with Gasteiger partial charge in [-0.3, -0.25) is 4.90 Å². The molecular weight excluding hydrogens is 286 g/mol. The van der Waals surface area contributed by atoms with Crippen LogP contribution >= 0.6 is 0 Å². The number of carboxylic acids is 1. The van der Waals surface area contributed by atoms with Crippen molar-refractivity contribution in [2.75, 3.05) is 6.54 Å². The molecule has 2 unspecified atom stereocenters. The number of nitrogens with zero attached hydrogens (tertiary/aromatic N) is 1. The van der Waals surface area contributed by atoms with Crippen molar-refractivity contribution in [3.05, 3.63) is 29.8 Å². The highest BCUT2D eigenvalue weighted by Gasteiger charge is 2.44. The van der Waals surface area contributed by atoms with Crippen molar-refractivity contribution in [3.63, 3.8) is 0 Å². The van der Waals surface area contributed by atoms with Crippen LogP contribution in [0, 0.1) is 0 Å². The SMILES string of the molecule is CC(C)(C)OC(=O)N1CCC(c2ccc(O)cc2)C1C(=O)O. The zero-order chi connectivity index (χ0) is 16.5. The predicted molar refractivity (Wildman–Crippen MR) is 79.8 cm³/mol. The number of aromatic hydroxyl groups is 1. The van der Waals surface area contributed by atoms with Gasteiger partial charge in [-0.2, -0.15) is 0 Å². The van der Waals surface area contributed by atoms with Crippen LogP contribution < -0.4 is 0 Å². The van der Waals surface area contributed by atoms with Crippen molar-refractivity contribution in [1.82, 2.24) is 4.90 Å². The monoisotopic (exact) mass is 307 g/mol. The summed E-state index contributed by atoms with van der Waals surface area (Å²) >= 11 is 0. The first-order valence-corrected chi connectivity index (χ1v) is 7.20. The van der Waals surface area contributed by atoms with Gasteiger partial charge in [0.15, 0.2) is 0 Å². The van der Waals surface area contributed by atoms with Crippen LogP contribution in [-0.2, 0) is 9.53 Å². The molecule has 1 aromatic carbocycles. The quantitative estimate of drug-likeness (QED) is 0.877. The smallest absolute Gasteiger partial charge is 0.411 e. The van der Waals surface area contributed by atoms with E-state index in [1.54, 1.807) is 32.9 Å². The van der Waals surface area contributed by atoms with E-state index in [4.69, 9.17) is 4.74 Å². The summed E-state index contributed by atoms with van der Waals surface area (Å²) in [7, 11) is 0. The molecular formula is C16H21NO5. The molecule has 1 heterocycles. The van der Waals surface area contributed by atoms with E-state index in [1.807, 2.05) is 0 Å². The largest absolute Gasteiger partial charge is 0.508 e. The molecule has 1 amide bonds. The van der Waals surface area contributed by atoms with Gasteiger partial charge in [0, 0.05) is 12.5 Å². The molecule has 0 radical (unpaired) electrons. The lowest BCUT2D eigenvalue weighted by Gasteiger charge is -2.28. The second kappa shape index (κ2) is 5.87. The molecule has 22 heavy (non-hydrogen) atoms. The van der Waals surface area contributed by atoms with E-state index in [2.05, 4.69) is 0 Å². The number of benzene rings is 1. The number of hydrogen-bond acceptors (Lipinski definition) is 4. The summed E-state index contributed by atoms with van der Waals surface area (Å²) in [5.41, 5.74) is 0.118. The zero-order valence-corrected chi connectivity index (χ0v) is 12.9. The van der Waals surface area contributed by atoms with Crippen LogP contribution in [0.2, 0.25) is 0 Å². The summed E-state index contributed by atoms with van der Waals surface area (Å²) in [6.07, 6.45) is -0.0674. The van der Waals surface area contributed by atoms with Gasteiger partial charge in [-0.15, -0.1) is 0 Å². The van der Waals surface area contributed by atoms with Crippen molar-refractivity contribution < 1.29 is 24.5 Å². The van der Waals surface area contributed by atoms with Crippen LogP contribution in [0.1, 0.15) is 38.7 Å². The van der Waals surface area contributed by atoms with E-state index in [-0.39, 0.29) is 11.7 Å². The van der Waals surface area contributed by atoms with Crippen LogP contribution in [0.25, 0.3) is 0 Å². The van der Waals surface area contributed by atoms with Crippen LogP contribution in [0.3, 0.4) is 0 Å². The van der Waals surface area contributed by atoms with Gasteiger partial charge in [0.1, 0.15) is 17.4 Å². The third-order valence-corrected chi connectivity index (χ3v) is 3.60. The second-order valence-electron chi connectivity index (χ2n) is 6.44. The van der Waals surface area contributed by atoms with Crippen LogP contribution in [0.4, 0.5) is 4.79 Å². The molecule has 1 fully saturated rings. The third kappa shape index (κ3) is 3.50. The Balaban J connectivity index is 2.23. The van der Waals surface area contributed by atoms with E-state index >= 15 is 0 Å². The highest BCUT2D eigenvalue weighted by Crippen LogP contribution is 2.35. The van der Waals surface area contributed by atoms with E-state index in [9.17, 15) is 19.8 Å². The van der Waals surface area contributed by atoms with Gasteiger partial charge in [-0.05, 0) is 44.9 Å². The number of rotatable bonds is 2. The van der Waals surface area contributed by atoms with Crippen LogP contribution in [-0.4, -0.2) is 45.4 Å².